The Hall–Kier alpha value is -1.06. The molecule has 0 saturated carbocycles. The molecule has 0 saturated heterocycles. The Bertz CT molecular complexity index is 585. The van der Waals surface area contributed by atoms with Crippen LogP contribution in [0.25, 0.3) is 0 Å². The van der Waals surface area contributed by atoms with E-state index < -0.39 is 0 Å². The maximum Gasteiger partial charge on any atom is 0.159 e. The van der Waals surface area contributed by atoms with E-state index in [2.05, 4.69) is 36.7 Å². The van der Waals surface area contributed by atoms with Crippen LogP contribution in [0, 0.1) is 5.92 Å². The predicted molar refractivity (Wildman–Crippen MR) is 93.7 cm³/mol. The third-order valence-corrected chi connectivity index (χ3v) is 4.97. The molecule has 0 fully saturated rings. The van der Waals surface area contributed by atoms with E-state index in [1.165, 1.54) is 16.0 Å². The number of carbonyl (C=O) groups excluding carboxylic acids is 1. The monoisotopic (exact) mass is 318 g/mol. The average Bonchev–Trinajstić information content (AvgIpc) is 2.90. The third-order valence-electron chi connectivity index (χ3n) is 3.26. The van der Waals surface area contributed by atoms with Gasteiger partial charge in [-0.15, -0.1) is 11.8 Å². The quantitative estimate of drug-likeness (QED) is 0.496. The molecule has 0 radical (unpaired) electrons. The normalized spacial score (nSPS) is 11.0. The van der Waals surface area contributed by atoms with Gasteiger partial charge in [-0.3, -0.25) is 4.79 Å². The fourth-order valence-corrected chi connectivity index (χ4v) is 3.98. The summed E-state index contributed by atoms with van der Waals surface area (Å²) in [5, 5.41) is 4.33. The van der Waals surface area contributed by atoms with Gasteiger partial charge in [0.25, 0.3) is 0 Å². The lowest BCUT2D eigenvalue weighted by Crippen LogP contribution is -1.99. The van der Waals surface area contributed by atoms with Gasteiger partial charge in [-0.05, 0) is 71.8 Å². The van der Waals surface area contributed by atoms with Crippen molar-refractivity contribution in [3.8, 4) is 0 Å². The van der Waals surface area contributed by atoms with E-state index in [0.29, 0.717) is 5.92 Å². The summed E-state index contributed by atoms with van der Waals surface area (Å²) in [6.45, 7) is 6.07. The number of hydrogen-bond donors (Lipinski definition) is 0. The van der Waals surface area contributed by atoms with Gasteiger partial charge < -0.3 is 0 Å². The highest BCUT2D eigenvalue weighted by Gasteiger charge is 2.07. The molecule has 112 valence electrons. The average molecular weight is 319 g/mol. The van der Waals surface area contributed by atoms with Crippen molar-refractivity contribution in [1.29, 1.82) is 0 Å². The summed E-state index contributed by atoms with van der Waals surface area (Å²) in [5.74, 6) is 1.82. The van der Waals surface area contributed by atoms with E-state index in [1.807, 2.05) is 23.9 Å². The Morgan fingerprint density at radius 3 is 2.67 bits per heavy atom. The van der Waals surface area contributed by atoms with Crippen molar-refractivity contribution < 1.29 is 4.79 Å². The molecule has 0 N–H and O–H groups in total. The van der Waals surface area contributed by atoms with Gasteiger partial charge in [-0.2, -0.15) is 11.3 Å². The van der Waals surface area contributed by atoms with Gasteiger partial charge in [0.2, 0.25) is 0 Å². The molecule has 1 aromatic heterocycles. The second kappa shape index (κ2) is 7.81. The highest BCUT2D eigenvalue weighted by atomic mass is 32.2. The highest BCUT2D eigenvalue weighted by Crippen LogP contribution is 2.24. The SMILES string of the molecule is CC(=O)c1cc(CC(C)C)cc(SCCc2ccsc2)c1. The number of carbonyl (C=O) groups is 1. The van der Waals surface area contributed by atoms with Gasteiger partial charge in [0.1, 0.15) is 0 Å². The maximum absolute atomic E-state index is 11.7. The van der Waals surface area contributed by atoms with Crippen molar-refractivity contribution in [2.24, 2.45) is 5.92 Å². The number of rotatable bonds is 7. The number of benzene rings is 1. The molecular weight excluding hydrogens is 296 g/mol. The van der Waals surface area contributed by atoms with Crippen molar-refractivity contribution >= 4 is 28.9 Å². The van der Waals surface area contributed by atoms with Crippen LogP contribution in [-0.4, -0.2) is 11.5 Å². The number of thiophene rings is 1. The molecule has 0 spiro atoms. The molecule has 1 aromatic carbocycles. The van der Waals surface area contributed by atoms with E-state index in [9.17, 15) is 4.79 Å². The minimum absolute atomic E-state index is 0.153. The lowest BCUT2D eigenvalue weighted by molar-refractivity contribution is 0.101. The van der Waals surface area contributed by atoms with Crippen LogP contribution >= 0.6 is 23.1 Å². The standard InChI is InChI=1S/C18H22OS2/c1-13(2)8-16-9-17(14(3)19)11-18(10-16)21-7-5-15-4-6-20-12-15/h4,6,9-13H,5,7-8H2,1-3H3. The zero-order chi connectivity index (χ0) is 15.2. The Balaban J connectivity index is 2.06. The Morgan fingerprint density at radius 1 is 1.24 bits per heavy atom. The molecular formula is C18H22OS2. The highest BCUT2D eigenvalue weighted by molar-refractivity contribution is 7.99. The summed E-state index contributed by atoms with van der Waals surface area (Å²) in [6.07, 6.45) is 2.11. The van der Waals surface area contributed by atoms with Crippen LogP contribution in [0.1, 0.15) is 42.3 Å². The molecule has 0 aliphatic carbocycles. The van der Waals surface area contributed by atoms with Gasteiger partial charge in [0.05, 0.1) is 0 Å². The van der Waals surface area contributed by atoms with Crippen LogP contribution in [0.15, 0.2) is 39.9 Å². The first-order chi connectivity index (χ1) is 10.0. The Labute approximate surface area is 135 Å². The van der Waals surface area contributed by atoms with E-state index in [4.69, 9.17) is 0 Å². The molecule has 1 heterocycles. The summed E-state index contributed by atoms with van der Waals surface area (Å²) < 4.78 is 0. The summed E-state index contributed by atoms with van der Waals surface area (Å²) >= 11 is 3.59. The second-order valence-corrected chi connectivity index (χ2v) is 7.70. The first kappa shape index (κ1) is 16.3. The maximum atomic E-state index is 11.7. The van der Waals surface area contributed by atoms with Crippen LogP contribution in [0.2, 0.25) is 0 Å². The molecule has 3 heteroatoms. The van der Waals surface area contributed by atoms with E-state index >= 15 is 0 Å². The number of Topliss-reactive ketones (excluding diaryl/α,β-unsaturated/α-hetero) is 1. The topological polar surface area (TPSA) is 17.1 Å². The molecule has 0 amide bonds. The molecule has 2 rings (SSSR count). The first-order valence-corrected chi connectivity index (χ1v) is 9.26. The smallest absolute Gasteiger partial charge is 0.159 e. The van der Waals surface area contributed by atoms with Crippen molar-refractivity contribution in [3.63, 3.8) is 0 Å². The summed E-state index contributed by atoms with van der Waals surface area (Å²) in [5.41, 5.74) is 3.51. The van der Waals surface area contributed by atoms with Crippen molar-refractivity contribution in [3.05, 3.63) is 51.7 Å². The number of hydrogen-bond acceptors (Lipinski definition) is 3. The van der Waals surface area contributed by atoms with Crippen LogP contribution in [0.5, 0.6) is 0 Å². The fourth-order valence-electron chi connectivity index (χ4n) is 2.26. The van der Waals surface area contributed by atoms with Gasteiger partial charge in [-0.25, -0.2) is 0 Å². The summed E-state index contributed by atoms with van der Waals surface area (Å²) in [6, 6.07) is 8.50. The lowest BCUT2D eigenvalue weighted by Gasteiger charge is -2.10. The Morgan fingerprint density at radius 2 is 2.05 bits per heavy atom. The molecule has 0 bridgehead atoms. The number of thioether (sulfide) groups is 1. The number of ketones is 1. The van der Waals surface area contributed by atoms with Crippen molar-refractivity contribution in [2.75, 3.05) is 5.75 Å². The fraction of sp³-hybridized carbons (Fsp3) is 0.389. The van der Waals surface area contributed by atoms with Crippen molar-refractivity contribution in [2.45, 2.75) is 38.5 Å². The summed E-state index contributed by atoms with van der Waals surface area (Å²) in [4.78, 5) is 12.9. The summed E-state index contributed by atoms with van der Waals surface area (Å²) in [7, 11) is 0. The molecule has 0 aliphatic rings. The van der Waals surface area contributed by atoms with Crippen LogP contribution in [-0.2, 0) is 12.8 Å². The predicted octanol–water partition coefficient (Wildman–Crippen LogP) is 5.48. The van der Waals surface area contributed by atoms with Crippen LogP contribution in [0.3, 0.4) is 0 Å². The molecule has 21 heavy (non-hydrogen) atoms. The van der Waals surface area contributed by atoms with E-state index in [0.717, 1.165) is 24.2 Å². The minimum Gasteiger partial charge on any atom is -0.295 e. The molecule has 0 atom stereocenters. The van der Waals surface area contributed by atoms with E-state index in [1.54, 1.807) is 18.3 Å². The van der Waals surface area contributed by atoms with Gasteiger partial charge in [0, 0.05) is 16.2 Å². The van der Waals surface area contributed by atoms with E-state index in [-0.39, 0.29) is 5.78 Å². The van der Waals surface area contributed by atoms with Crippen LogP contribution in [0.4, 0.5) is 0 Å². The van der Waals surface area contributed by atoms with Gasteiger partial charge >= 0.3 is 0 Å². The van der Waals surface area contributed by atoms with Gasteiger partial charge in [-0.1, -0.05) is 13.8 Å². The largest absolute Gasteiger partial charge is 0.295 e. The number of aryl methyl sites for hydroxylation is 1. The Kier molecular flexibility index (Phi) is 6.07. The third kappa shape index (κ3) is 5.33. The van der Waals surface area contributed by atoms with Gasteiger partial charge in [0.15, 0.2) is 5.78 Å². The zero-order valence-corrected chi connectivity index (χ0v) is 14.5. The van der Waals surface area contributed by atoms with Crippen molar-refractivity contribution in [1.82, 2.24) is 0 Å². The lowest BCUT2D eigenvalue weighted by atomic mass is 10.00. The zero-order valence-electron chi connectivity index (χ0n) is 12.9. The molecule has 0 aliphatic heterocycles. The second-order valence-electron chi connectivity index (χ2n) is 5.75. The van der Waals surface area contributed by atoms with Crippen LogP contribution < -0.4 is 0 Å². The molecule has 2 aromatic rings. The minimum atomic E-state index is 0.153. The molecule has 0 unspecified atom stereocenters. The molecule has 1 nitrogen and oxygen atoms in total. The first-order valence-electron chi connectivity index (χ1n) is 7.33.